The number of nitrogens with zero attached hydrogens (tertiary/aromatic N) is 2. The van der Waals surface area contributed by atoms with Crippen LogP contribution in [0, 0.1) is 16.0 Å². The molecule has 0 N–H and O–H groups in total. The van der Waals surface area contributed by atoms with Crippen LogP contribution in [0.3, 0.4) is 0 Å². The van der Waals surface area contributed by atoms with Gasteiger partial charge in [-0.2, -0.15) is 0 Å². The Kier molecular flexibility index (Phi) is 4.77. The average molecular weight is 292 g/mol. The lowest BCUT2D eigenvalue weighted by molar-refractivity contribution is -0.384. The second kappa shape index (κ2) is 6.56. The van der Waals surface area contributed by atoms with Crippen molar-refractivity contribution in [2.24, 2.45) is 5.92 Å². The van der Waals surface area contributed by atoms with Crippen LogP contribution in [0.5, 0.6) is 0 Å². The Hall–Kier alpha value is -2.11. The number of anilines is 1. The first-order valence-corrected chi connectivity index (χ1v) is 7.18. The van der Waals surface area contributed by atoms with E-state index in [1.165, 1.54) is 19.2 Å². The largest absolute Gasteiger partial charge is 0.465 e. The van der Waals surface area contributed by atoms with Crippen LogP contribution in [0.15, 0.2) is 18.2 Å². The van der Waals surface area contributed by atoms with Gasteiger partial charge in [0.15, 0.2) is 0 Å². The lowest BCUT2D eigenvalue weighted by atomic mass is 9.95. The van der Waals surface area contributed by atoms with Crippen LogP contribution in [-0.4, -0.2) is 31.1 Å². The molecular weight excluding hydrogens is 272 g/mol. The first kappa shape index (κ1) is 15.3. The Balaban J connectivity index is 2.38. The number of hydrogen-bond donors (Lipinski definition) is 0. The monoisotopic (exact) mass is 292 g/mol. The molecule has 1 aliphatic heterocycles. The second-order valence-corrected chi connectivity index (χ2v) is 5.31. The van der Waals surface area contributed by atoms with E-state index in [4.69, 9.17) is 4.74 Å². The van der Waals surface area contributed by atoms with Crippen molar-refractivity contribution in [3.63, 3.8) is 0 Å². The molecule has 114 valence electrons. The molecule has 1 aromatic carbocycles. The smallest absolute Gasteiger partial charge is 0.337 e. The predicted molar refractivity (Wildman–Crippen MR) is 79.7 cm³/mol. The SMILES string of the molecule is CCC1CCCN(c2cc(C(=O)OC)ccc2[N+](=O)[O-])C1. The van der Waals surface area contributed by atoms with E-state index in [1.807, 2.05) is 4.90 Å². The Morgan fingerprint density at radius 3 is 2.90 bits per heavy atom. The zero-order valence-electron chi connectivity index (χ0n) is 12.4. The van der Waals surface area contributed by atoms with Crippen molar-refractivity contribution in [3.8, 4) is 0 Å². The van der Waals surface area contributed by atoms with Crippen molar-refractivity contribution in [3.05, 3.63) is 33.9 Å². The number of nitro groups is 1. The van der Waals surface area contributed by atoms with Crippen molar-refractivity contribution in [2.45, 2.75) is 26.2 Å². The number of carbonyl (C=O) groups is 1. The van der Waals surface area contributed by atoms with E-state index >= 15 is 0 Å². The fourth-order valence-electron chi connectivity index (χ4n) is 2.79. The molecule has 0 saturated carbocycles. The molecule has 0 radical (unpaired) electrons. The van der Waals surface area contributed by atoms with Crippen LogP contribution in [0.25, 0.3) is 0 Å². The lowest BCUT2D eigenvalue weighted by Crippen LogP contribution is -2.35. The van der Waals surface area contributed by atoms with Gasteiger partial charge in [0, 0.05) is 19.2 Å². The number of methoxy groups -OCH3 is 1. The molecule has 0 aliphatic carbocycles. The standard InChI is InChI=1S/C15H20N2O4/c1-3-11-5-4-8-16(10-11)14-9-12(15(18)21-2)6-7-13(14)17(19)20/h6-7,9,11H,3-5,8,10H2,1-2H3. The van der Waals surface area contributed by atoms with Crippen LogP contribution in [-0.2, 0) is 4.74 Å². The van der Waals surface area contributed by atoms with Gasteiger partial charge in [0.1, 0.15) is 5.69 Å². The van der Waals surface area contributed by atoms with E-state index in [0.717, 1.165) is 32.4 Å². The Labute approximate surface area is 123 Å². The quantitative estimate of drug-likeness (QED) is 0.484. The third-order valence-corrected chi connectivity index (χ3v) is 4.03. The molecule has 6 nitrogen and oxygen atoms in total. The summed E-state index contributed by atoms with van der Waals surface area (Å²) in [7, 11) is 1.30. The van der Waals surface area contributed by atoms with Crippen molar-refractivity contribution in [1.82, 2.24) is 0 Å². The topological polar surface area (TPSA) is 72.7 Å². The summed E-state index contributed by atoms with van der Waals surface area (Å²) in [5, 5.41) is 11.2. The fraction of sp³-hybridized carbons (Fsp3) is 0.533. The summed E-state index contributed by atoms with van der Waals surface area (Å²) < 4.78 is 4.69. The maximum Gasteiger partial charge on any atom is 0.337 e. The lowest BCUT2D eigenvalue weighted by Gasteiger charge is -2.33. The highest BCUT2D eigenvalue weighted by Gasteiger charge is 2.26. The summed E-state index contributed by atoms with van der Waals surface area (Å²) in [6.07, 6.45) is 3.22. The van der Waals surface area contributed by atoms with Gasteiger partial charge in [0.05, 0.1) is 17.6 Å². The second-order valence-electron chi connectivity index (χ2n) is 5.31. The summed E-state index contributed by atoms with van der Waals surface area (Å²) in [5.74, 6) is 0.0651. The average Bonchev–Trinajstić information content (AvgIpc) is 2.53. The molecule has 2 rings (SSSR count). The number of carbonyl (C=O) groups excluding carboxylic acids is 1. The molecule has 1 heterocycles. The van der Waals surface area contributed by atoms with E-state index in [1.54, 1.807) is 6.07 Å². The highest BCUT2D eigenvalue weighted by atomic mass is 16.6. The van der Waals surface area contributed by atoms with Crippen LogP contribution in [0.4, 0.5) is 11.4 Å². The number of ether oxygens (including phenoxy) is 1. The third kappa shape index (κ3) is 3.32. The summed E-state index contributed by atoms with van der Waals surface area (Å²) in [6.45, 7) is 3.71. The van der Waals surface area contributed by atoms with Gasteiger partial charge >= 0.3 is 5.97 Å². The number of hydrogen-bond acceptors (Lipinski definition) is 5. The Bertz CT molecular complexity index is 544. The number of benzene rings is 1. The van der Waals surface area contributed by atoms with E-state index in [2.05, 4.69) is 6.92 Å². The van der Waals surface area contributed by atoms with Gasteiger partial charge in [0.2, 0.25) is 0 Å². The molecule has 1 fully saturated rings. The van der Waals surface area contributed by atoms with Crippen molar-refractivity contribution in [2.75, 3.05) is 25.1 Å². The summed E-state index contributed by atoms with van der Waals surface area (Å²) >= 11 is 0. The summed E-state index contributed by atoms with van der Waals surface area (Å²) in [5.41, 5.74) is 0.900. The molecule has 1 atom stereocenters. The van der Waals surface area contributed by atoms with Crippen molar-refractivity contribution >= 4 is 17.3 Å². The van der Waals surface area contributed by atoms with Gasteiger partial charge in [-0.25, -0.2) is 4.79 Å². The van der Waals surface area contributed by atoms with Crippen LogP contribution in [0.2, 0.25) is 0 Å². The van der Waals surface area contributed by atoms with Gasteiger partial charge in [-0.3, -0.25) is 10.1 Å². The van der Waals surface area contributed by atoms with Gasteiger partial charge in [-0.1, -0.05) is 13.3 Å². The number of rotatable bonds is 4. The zero-order valence-corrected chi connectivity index (χ0v) is 12.4. The summed E-state index contributed by atoms with van der Waals surface area (Å²) in [4.78, 5) is 24.5. The van der Waals surface area contributed by atoms with Gasteiger partial charge in [-0.15, -0.1) is 0 Å². The summed E-state index contributed by atoms with van der Waals surface area (Å²) in [6, 6.07) is 4.40. The van der Waals surface area contributed by atoms with E-state index < -0.39 is 10.9 Å². The highest BCUT2D eigenvalue weighted by molar-refractivity contribution is 5.91. The first-order chi connectivity index (χ1) is 10.1. The van der Waals surface area contributed by atoms with Gasteiger partial charge in [-0.05, 0) is 30.9 Å². The molecule has 21 heavy (non-hydrogen) atoms. The number of esters is 1. The minimum Gasteiger partial charge on any atom is -0.465 e. The predicted octanol–water partition coefficient (Wildman–Crippen LogP) is 3.01. The van der Waals surface area contributed by atoms with E-state index in [9.17, 15) is 14.9 Å². The Morgan fingerprint density at radius 2 is 2.29 bits per heavy atom. The number of piperidine rings is 1. The van der Waals surface area contributed by atoms with Gasteiger partial charge < -0.3 is 9.64 Å². The molecule has 0 amide bonds. The molecule has 1 aromatic rings. The maximum atomic E-state index is 11.6. The molecule has 6 heteroatoms. The maximum absolute atomic E-state index is 11.6. The minimum absolute atomic E-state index is 0.0411. The molecule has 1 saturated heterocycles. The van der Waals surface area contributed by atoms with E-state index in [0.29, 0.717) is 17.2 Å². The van der Waals surface area contributed by atoms with Crippen molar-refractivity contribution < 1.29 is 14.5 Å². The molecule has 1 unspecified atom stereocenters. The van der Waals surface area contributed by atoms with Crippen molar-refractivity contribution in [1.29, 1.82) is 0 Å². The van der Waals surface area contributed by atoms with Crippen LogP contribution >= 0.6 is 0 Å². The Morgan fingerprint density at radius 1 is 1.52 bits per heavy atom. The molecule has 0 bridgehead atoms. The molecular formula is C15H20N2O4. The third-order valence-electron chi connectivity index (χ3n) is 4.03. The van der Waals surface area contributed by atoms with Crippen LogP contribution in [0.1, 0.15) is 36.5 Å². The van der Waals surface area contributed by atoms with E-state index in [-0.39, 0.29) is 5.69 Å². The van der Waals surface area contributed by atoms with Crippen LogP contribution < -0.4 is 4.90 Å². The molecule has 0 aromatic heterocycles. The molecule has 1 aliphatic rings. The molecule has 0 spiro atoms. The number of nitro benzene ring substituents is 1. The van der Waals surface area contributed by atoms with Gasteiger partial charge in [0.25, 0.3) is 5.69 Å². The fourth-order valence-corrected chi connectivity index (χ4v) is 2.79. The normalized spacial score (nSPS) is 18.4. The first-order valence-electron chi connectivity index (χ1n) is 7.18. The zero-order chi connectivity index (χ0) is 15.4. The highest BCUT2D eigenvalue weighted by Crippen LogP contribution is 2.33. The minimum atomic E-state index is -0.477.